The minimum absolute atomic E-state index is 0.531. The smallest absolute Gasteiger partial charge is 0.129 e. The number of hydrogen-bond acceptors (Lipinski definition) is 2. The molecule has 2 aromatic rings. The van der Waals surface area contributed by atoms with Gasteiger partial charge in [0.2, 0.25) is 0 Å². The molecule has 90 valence electrons. The third kappa shape index (κ3) is 2.86. The molecular weight excluding hydrogens is 234 g/mol. The average molecular weight is 250 g/mol. The highest BCUT2D eigenvalue weighted by molar-refractivity contribution is 6.29. The maximum atomic E-state index is 5.88. The third-order valence-corrected chi connectivity index (χ3v) is 2.97. The third-order valence-electron chi connectivity index (χ3n) is 2.76. The monoisotopic (exact) mass is 249 g/mol. The molecule has 0 aliphatic heterocycles. The van der Waals surface area contributed by atoms with Crippen molar-refractivity contribution >= 4 is 11.6 Å². The minimum atomic E-state index is 0.531. The number of nitrogens with zero attached hydrogens (tertiary/aromatic N) is 3. The predicted molar refractivity (Wildman–Crippen MR) is 69.3 cm³/mol. The van der Waals surface area contributed by atoms with Crippen LogP contribution < -0.4 is 0 Å². The van der Waals surface area contributed by atoms with Gasteiger partial charge in [0.05, 0.1) is 12.2 Å². The maximum Gasteiger partial charge on any atom is 0.129 e. The molecule has 17 heavy (non-hydrogen) atoms. The van der Waals surface area contributed by atoms with Crippen molar-refractivity contribution in [2.45, 2.75) is 33.2 Å². The Hall–Kier alpha value is -1.35. The van der Waals surface area contributed by atoms with E-state index in [1.807, 2.05) is 16.8 Å². The summed E-state index contributed by atoms with van der Waals surface area (Å²) in [5.41, 5.74) is 3.53. The van der Waals surface area contributed by atoms with Gasteiger partial charge in [-0.2, -0.15) is 5.10 Å². The number of pyridine rings is 1. The second kappa shape index (κ2) is 5.32. The first-order chi connectivity index (χ1) is 8.22. The molecule has 0 atom stereocenters. The van der Waals surface area contributed by atoms with Crippen LogP contribution in [-0.4, -0.2) is 14.8 Å². The summed E-state index contributed by atoms with van der Waals surface area (Å²) < 4.78 is 2.05. The molecule has 0 bridgehead atoms. The van der Waals surface area contributed by atoms with E-state index in [0.29, 0.717) is 5.15 Å². The van der Waals surface area contributed by atoms with Gasteiger partial charge in [0.15, 0.2) is 0 Å². The molecule has 0 unspecified atom stereocenters. The summed E-state index contributed by atoms with van der Waals surface area (Å²) in [4.78, 5) is 3.98. The van der Waals surface area contributed by atoms with Gasteiger partial charge in [-0.15, -0.1) is 0 Å². The van der Waals surface area contributed by atoms with Gasteiger partial charge >= 0.3 is 0 Å². The lowest BCUT2D eigenvalue weighted by Crippen LogP contribution is -2.06. The lowest BCUT2D eigenvalue weighted by molar-refractivity contribution is 0.640. The van der Waals surface area contributed by atoms with E-state index in [2.05, 4.69) is 30.0 Å². The average Bonchev–Trinajstić information content (AvgIpc) is 2.71. The first-order valence-corrected chi connectivity index (χ1v) is 6.26. The largest absolute Gasteiger partial charge is 0.265 e. The van der Waals surface area contributed by atoms with Gasteiger partial charge in [0.25, 0.3) is 0 Å². The van der Waals surface area contributed by atoms with E-state index in [0.717, 1.165) is 30.6 Å². The molecule has 0 saturated heterocycles. The van der Waals surface area contributed by atoms with Crippen LogP contribution >= 0.6 is 11.6 Å². The SMILES string of the molecule is CCc1cc(CC)n(Cc2ccnc(Cl)c2)n1. The summed E-state index contributed by atoms with van der Waals surface area (Å²) in [6, 6.07) is 6.02. The molecular formula is C13H16ClN3. The molecule has 0 fully saturated rings. The number of halogens is 1. The molecule has 0 saturated carbocycles. The van der Waals surface area contributed by atoms with Gasteiger partial charge in [-0.05, 0) is 36.6 Å². The summed E-state index contributed by atoms with van der Waals surface area (Å²) in [6.07, 6.45) is 3.69. The molecule has 0 N–H and O–H groups in total. The Kier molecular flexibility index (Phi) is 3.79. The second-order valence-electron chi connectivity index (χ2n) is 3.98. The predicted octanol–water partition coefficient (Wildman–Crippen LogP) is 3.10. The van der Waals surface area contributed by atoms with Gasteiger partial charge in [-0.1, -0.05) is 25.4 Å². The van der Waals surface area contributed by atoms with Crippen molar-refractivity contribution in [2.75, 3.05) is 0 Å². The van der Waals surface area contributed by atoms with Crippen molar-refractivity contribution in [3.05, 3.63) is 46.5 Å². The van der Waals surface area contributed by atoms with Crippen LogP contribution in [0.2, 0.25) is 5.15 Å². The van der Waals surface area contributed by atoms with Gasteiger partial charge in [-0.3, -0.25) is 4.68 Å². The van der Waals surface area contributed by atoms with E-state index in [4.69, 9.17) is 11.6 Å². The zero-order valence-corrected chi connectivity index (χ0v) is 10.9. The molecule has 2 aromatic heterocycles. The Labute approximate surface area is 106 Å². The van der Waals surface area contributed by atoms with Crippen molar-refractivity contribution in [1.82, 2.24) is 14.8 Å². The molecule has 0 aliphatic carbocycles. The number of rotatable bonds is 4. The number of aryl methyl sites for hydroxylation is 2. The minimum Gasteiger partial charge on any atom is -0.265 e. The number of aromatic nitrogens is 3. The molecule has 3 nitrogen and oxygen atoms in total. The summed E-state index contributed by atoms with van der Waals surface area (Å²) in [7, 11) is 0. The van der Waals surface area contributed by atoms with Crippen molar-refractivity contribution in [1.29, 1.82) is 0 Å². The van der Waals surface area contributed by atoms with E-state index in [1.54, 1.807) is 6.20 Å². The standard InChI is InChI=1S/C13H16ClN3/c1-3-11-8-12(4-2)17(16-11)9-10-5-6-15-13(14)7-10/h5-8H,3-4,9H2,1-2H3. The van der Waals surface area contributed by atoms with Crippen LogP contribution in [0.3, 0.4) is 0 Å². The van der Waals surface area contributed by atoms with Gasteiger partial charge < -0.3 is 0 Å². The van der Waals surface area contributed by atoms with E-state index in [-0.39, 0.29) is 0 Å². The topological polar surface area (TPSA) is 30.7 Å². The van der Waals surface area contributed by atoms with Gasteiger partial charge in [-0.25, -0.2) is 4.98 Å². The van der Waals surface area contributed by atoms with Crippen LogP contribution in [-0.2, 0) is 19.4 Å². The van der Waals surface area contributed by atoms with Gasteiger partial charge in [0, 0.05) is 11.9 Å². The fourth-order valence-electron chi connectivity index (χ4n) is 1.82. The van der Waals surface area contributed by atoms with E-state index < -0.39 is 0 Å². The summed E-state index contributed by atoms with van der Waals surface area (Å²) >= 11 is 5.88. The van der Waals surface area contributed by atoms with Crippen LogP contribution in [0, 0.1) is 0 Å². The first kappa shape index (κ1) is 12.1. The fraction of sp³-hybridized carbons (Fsp3) is 0.385. The van der Waals surface area contributed by atoms with Crippen molar-refractivity contribution in [2.24, 2.45) is 0 Å². The highest BCUT2D eigenvalue weighted by atomic mass is 35.5. The Balaban J connectivity index is 2.25. The number of hydrogen-bond donors (Lipinski definition) is 0. The lowest BCUT2D eigenvalue weighted by atomic mass is 10.2. The second-order valence-corrected chi connectivity index (χ2v) is 4.37. The highest BCUT2D eigenvalue weighted by Gasteiger charge is 2.06. The van der Waals surface area contributed by atoms with Crippen LogP contribution in [0.1, 0.15) is 30.8 Å². The van der Waals surface area contributed by atoms with Crippen molar-refractivity contribution < 1.29 is 0 Å². The Morgan fingerprint density at radius 1 is 1.24 bits per heavy atom. The molecule has 0 aromatic carbocycles. The summed E-state index contributed by atoms with van der Waals surface area (Å²) in [5, 5.41) is 5.11. The van der Waals surface area contributed by atoms with Crippen molar-refractivity contribution in [3.8, 4) is 0 Å². The van der Waals surface area contributed by atoms with E-state index in [1.165, 1.54) is 5.69 Å². The fourth-order valence-corrected chi connectivity index (χ4v) is 2.02. The van der Waals surface area contributed by atoms with Crippen LogP contribution in [0.25, 0.3) is 0 Å². The molecule has 0 aliphatic rings. The van der Waals surface area contributed by atoms with Crippen LogP contribution in [0.15, 0.2) is 24.4 Å². The van der Waals surface area contributed by atoms with Crippen LogP contribution in [0.4, 0.5) is 0 Å². The quantitative estimate of drug-likeness (QED) is 0.780. The maximum absolute atomic E-state index is 5.88. The summed E-state index contributed by atoms with van der Waals surface area (Å²) in [5.74, 6) is 0. The molecule has 0 radical (unpaired) electrons. The Bertz CT molecular complexity index is 505. The Morgan fingerprint density at radius 3 is 2.71 bits per heavy atom. The molecule has 0 spiro atoms. The summed E-state index contributed by atoms with van der Waals surface area (Å²) in [6.45, 7) is 5.02. The Morgan fingerprint density at radius 2 is 2.06 bits per heavy atom. The first-order valence-electron chi connectivity index (χ1n) is 5.89. The zero-order chi connectivity index (χ0) is 12.3. The lowest BCUT2D eigenvalue weighted by Gasteiger charge is -2.06. The molecule has 4 heteroatoms. The van der Waals surface area contributed by atoms with Crippen molar-refractivity contribution in [3.63, 3.8) is 0 Å². The van der Waals surface area contributed by atoms with Crippen LogP contribution in [0.5, 0.6) is 0 Å². The molecule has 2 rings (SSSR count). The zero-order valence-electron chi connectivity index (χ0n) is 10.2. The highest BCUT2D eigenvalue weighted by Crippen LogP contribution is 2.12. The van der Waals surface area contributed by atoms with E-state index >= 15 is 0 Å². The van der Waals surface area contributed by atoms with E-state index in [9.17, 15) is 0 Å². The van der Waals surface area contributed by atoms with Gasteiger partial charge in [0.1, 0.15) is 5.15 Å². The molecule has 0 amide bonds. The molecule has 2 heterocycles. The normalized spacial score (nSPS) is 10.8.